The smallest absolute Gasteiger partial charge is 0.241 e. The van der Waals surface area contributed by atoms with E-state index >= 15 is 0 Å². The number of benzene rings is 1. The van der Waals surface area contributed by atoms with E-state index in [1.807, 2.05) is 4.90 Å². The average molecular weight is 457 g/mol. The van der Waals surface area contributed by atoms with E-state index in [1.54, 1.807) is 36.2 Å². The number of pyridine rings is 1. The third kappa shape index (κ3) is 4.54. The molecule has 11 heteroatoms. The lowest BCUT2D eigenvalue weighted by atomic mass is 10.1. The molecule has 1 aliphatic rings. The van der Waals surface area contributed by atoms with Crippen molar-refractivity contribution in [1.29, 1.82) is 0 Å². The van der Waals surface area contributed by atoms with E-state index in [0.29, 0.717) is 41.2 Å². The summed E-state index contributed by atoms with van der Waals surface area (Å²) in [6, 6.07) is 10.0. The Labute approximate surface area is 186 Å². The molecular weight excluding hydrogens is 432 g/mol. The van der Waals surface area contributed by atoms with Gasteiger partial charge in [-0.3, -0.25) is 4.79 Å². The average Bonchev–Trinajstić information content (AvgIpc) is 2.97. The molecule has 4 rings (SSSR count). The number of aromatic nitrogens is 3. The Morgan fingerprint density at radius 3 is 2.81 bits per heavy atom. The standard InChI is InChI=1S/C21H24N6O4S/c1-26-9-3-10-27(13-19(26)29)21-20-18(22-14-23-21)7-6-17(25-20)15-4-2-5-16(12-15)32(30,31)24-8-11-28/h2,4-7,12,14,24,28H,3,8-11,13H2,1H3. The molecule has 32 heavy (non-hydrogen) atoms. The molecule has 10 nitrogen and oxygen atoms in total. The molecule has 1 aliphatic heterocycles. The fourth-order valence-electron chi connectivity index (χ4n) is 3.57. The zero-order chi connectivity index (χ0) is 22.7. The van der Waals surface area contributed by atoms with Crippen LogP contribution in [0, 0.1) is 0 Å². The van der Waals surface area contributed by atoms with Gasteiger partial charge in [-0.25, -0.2) is 28.1 Å². The number of hydrogen-bond acceptors (Lipinski definition) is 8. The summed E-state index contributed by atoms with van der Waals surface area (Å²) >= 11 is 0. The predicted octanol–water partition coefficient (Wildman–Crippen LogP) is 0.631. The van der Waals surface area contributed by atoms with Crippen molar-refractivity contribution < 1.29 is 18.3 Å². The normalized spacial score (nSPS) is 15.2. The Kier molecular flexibility index (Phi) is 6.31. The molecule has 2 N–H and O–H groups in total. The van der Waals surface area contributed by atoms with E-state index in [4.69, 9.17) is 10.1 Å². The lowest BCUT2D eigenvalue weighted by molar-refractivity contribution is -0.127. The van der Waals surface area contributed by atoms with Crippen LogP contribution in [0.25, 0.3) is 22.3 Å². The summed E-state index contributed by atoms with van der Waals surface area (Å²) in [5, 5.41) is 8.92. The topological polar surface area (TPSA) is 129 Å². The van der Waals surface area contributed by atoms with Gasteiger partial charge in [0.1, 0.15) is 11.8 Å². The van der Waals surface area contributed by atoms with Crippen LogP contribution in [-0.2, 0) is 14.8 Å². The number of nitrogens with zero attached hydrogens (tertiary/aromatic N) is 5. The monoisotopic (exact) mass is 456 g/mol. The molecule has 168 valence electrons. The van der Waals surface area contributed by atoms with Gasteiger partial charge < -0.3 is 14.9 Å². The Morgan fingerprint density at radius 1 is 1.16 bits per heavy atom. The van der Waals surface area contributed by atoms with Gasteiger partial charge in [-0.1, -0.05) is 12.1 Å². The van der Waals surface area contributed by atoms with Crippen molar-refractivity contribution in [2.45, 2.75) is 11.3 Å². The highest BCUT2D eigenvalue weighted by Gasteiger charge is 2.22. The van der Waals surface area contributed by atoms with E-state index in [2.05, 4.69) is 14.7 Å². The van der Waals surface area contributed by atoms with Crippen molar-refractivity contribution in [3.05, 3.63) is 42.7 Å². The second kappa shape index (κ2) is 9.15. The maximum Gasteiger partial charge on any atom is 0.241 e. The molecule has 0 bridgehead atoms. The quantitative estimate of drug-likeness (QED) is 0.553. The lowest BCUT2D eigenvalue weighted by Crippen LogP contribution is -2.34. The van der Waals surface area contributed by atoms with Crippen molar-refractivity contribution in [3.63, 3.8) is 0 Å². The zero-order valence-corrected chi connectivity index (χ0v) is 18.4. The number of hydrogen-bond donors (Lipinski definition) is 2. The third-order valence-corrected chi connectivity index (χ3v) is 6.74. The second-order valence-electron chi connectivity index (χ2n) is 7.50. The van der Waals surface area contributed by atoms with Gasteiger partial charge in [0, 0.05) is 32.2 Å². The number of nitrogens with one attached hydrogen (secondary N) is 1. The SMILES string of the molecule is CN1CCCN(c2ncnc3ccc(-c4cccc(S(=O)(=O)NCCO)c4)nc23)CC1=O. The summed E-state index contributed by atoms with van der Waals surface area (Å²) < 4.78 is 27.2. The molecule has 1 saturated heterocycles. The van der Waals surface area contributed by atoms with Crippen molar-refractivity contribution in [3.8, 4) is 11.3 Å². The van der Waals surface area contributed by atoms with Crippen LogP contribution in [0.1, 0.15) is 6.42 Å². The Hall–Kier alpha value is -3.15. The Morgan fingerprint density at radius 2 is 2.00 bits per heavy atom. The molecule has 0 unspecified atom stereocenters. The summed E-state index contributed by atoms with van der Waals surface area (Å²) in [7, 11) is -1.96. The van der Waals surface area contributed by atoms with Crippen LogP contribution < -0.4 is 9.62 Å². The summed E-state index contributed by atoms with van der Waals surface area (Å²) in [5.41, 5.74) is 2.36. The minimum absolute atomic E-state index is 0.0127. The zero-order valence-electron chi connectivity index (χ0n) is 17.6. The minimum atomic E-state index is -3.75. The van der Waals surface area contributed by atoms with Gasteiger partial charge in [0.15, 0.2) is 5.82 Å². The molecule has 2 aromatic heterocycles. The molecule has 0 spiro atoms. The predicted molar refractivity (Wildman–Crippen MR) is 120 cm³/mol. The maximum atomic E-state index is 12.4. The number of likely N-dealkylation sites (N-methyl/N-ethyl adjacent to an activating group) is 1. The van der Waals surface area contributed by atoms with Crippen molar-refractivity contribution in [1.82, 2.24) is 24.6 Å². The van der Waals surface area contributed by atoms with Gasteiger partial charge in [-0.05, 0) is 30.7 Å². The number of aliphatic hydroxyl groups excluding tert-OH is 1. The van der Waals surface area contributed by atoms with Crippen LogP contribution in [0.4, 0.5) is 5.82 Å². The molecule has 0 saturated carbocycles. The van der Waals surface area contributed by atoms with Gasteiger partial charge >= 0.3 is 0 Å². The number of amides is 1. The summed E-state index contributed by atoms with van der Waals surface area (Å²) in [5.74, 6) is 0.590. The van der Waals surface area contributed by atoms with E-state index in [-0.39, 0.29) is 30.5 Å². The number of carbonyl (C=O) groups excluding carboxylic acids is 1. The molecule has 3 aromatic rings. The van der Waals surface area contributed by atoms with E-state index < -0.39 is 10.0 Å². The first-order valence-electron chi connectivity index (χ1n) is 10.2. The van der Waals surface area contributed by atoms with Crippen LogP contribution in [0.5, 0.6) is 0 Å². The van der Waals surface area contributed by atoms with E-state index in [9.17, 15) is 13.2 Å². The molecule has 3 heterocycles. The summed E-state index contributed by atoms with van der Waals surface area (Å²) in [6.45, 7) is 1.20. The van der Waals surface area contributed by atoms with Crippen molar-refractivity contribution in [2.75, 3.05) is 44.7 Å². The first-order chi connectivity index (χ1) is 15.4. The van der Waals surface area contributed by atoms with Gasteiger partial charge in [0.25, 0.3) is 0 Å². The van der Waals surface area contributed by atoms with Gasteiger partial charge in [-0.15, -0.1) is 0 Å². The maximum absolute atomic E-state index is 12.4. The second-order valence-corrected chi connectivity index (χ2v) is 9.27. The van der Waals surface area contributed by atoms with Crippen LogP contribution in [0.2, 0.25) is 0 Å². The lowest BCUT2D eigenvalue weighted by Gasteiger charge is -2.21. The number of rotatable bonds is 6. The molecule has 0 aliphatic carbocycles. The molecular formula is C21H24N6O4S. The molecule has 0 radical (unpaired) electrons. The number of aliphatic hydroxyl groups is 1. The number of carbonyl (C=O) groups is 1. The summed E-state index contributed by atoms with van der Waals surface area (Å²) in [6.07, 6.45) is 2.27. The third-order valence-electron chi connectivity index (χ3n) is 5.28. The number of anilines is 1. The number of fused-ring (bicyclic) bond motifs is 1. The van der Waals surface area contributed by atoms with Crippen LogP contribution in [0.3, 0.4) is 0 Å². The Balaban J connectivity index is 1.74. The minimum Gasteiger partial charge on any atom is -0.395 e. The van der Waals surface area contributed by atoms with Crippen molar-refractivity contribution >= 4 is 32.8 Å². The van der Waals surface area contributed by atoms with Crippen LogP contribution >= 0.6 is 0 Å². The van der Waals surface area contributed by atoms with Gasteiger partial charge in [-0.2, -0.15) is 0 Å². The first kappa shape index (κ1) is 22.1. The highest BCUT2D eigenvalue weighted by Crippen LogP contribution is 2.27. The highest BCUT2D eigenvalue weighted by molar-refractivity contribution is 7.89. The molecule has 1 fully saturated rings. The fourth-order valence-corrected chi connectivity index (χ4v) is 4.64. The summed E-state index contributed by atoms with van der Waals surface area (Å²) in [4.78, 5) is 29.5. The van der Waals surface area contributed by atoms with E-state index in [1.165, 1.54) is 18.5 Å². The number of sulfonamides is 1. The van der Waals surface area contributed by atoms with Gasteiger partial charge in [0.2, 0.25) is 15.9 Å². The van der Waals surface area contributed by atoms with E-state index in [0.717, 1.165) is 6.42 Å². The fraction of sp³-hybridized carbons (Fsp3) is 0.333. The first-order valence-corrected chi connectivity index (χ1v) is 11.7. The molecule has 1 aromatic carbocycles. The highest BCUT2D eigenvalue weighted by atomic mass is 32.2. The molecule has 1 amide bonds. The molecule has 0 atom stereocenters. The largest absolute Gasteiger partial charge is 0.395 e. The van der Waals surface area contributed by atoms with Crippen LogP contribution in [-0.4, -0.2) is 79.1 Å². The van der Waals surface area contributed by atoms with Crippen LogP contribution in [0.15, 0.2) is 47.6 Å². The Bertz CT molecular complexity index is 1250. The van der Waals surface area contributed by atoms with Gasteiger partial charge in [0.05, 0.1) is 29.3 Å². The van der Waals surface area contributed by atoms with Crippen molar-refractivity contribution in [2.24, 2.45) is 0 Å².